The van der Waals surface area contributed by atoms with Crippen molar-refractivity contribution in [2.24, 2.45) is 0 Å². The molecule has 0 radical (unpaired) electrons. The van der Waals surface area contributed by atoms with Crippen molar-refractivity contribution in [2.75, 3.05) is 6.54 Å². The summed E-state index contributed by atoms with van der Waals surface area (Å²) in [5.74, 6) is -0.198. The van der Waals surface area contributed by atoms with Gasteiger partial charge in [-0.1, -0.05) is 66.9 Å². The largest absolute Gasteiger partial charge is 0.354 e. The Bertz CT molecular complexity index is 772. The fourth-order valence-electron chi connectivity index (χ4n) is 2.89. The highest BCUT2D eigenvalue weighted by atomic mass is 35.5. The monoisotopic (exact) mass is 400 g/mol. The van der Waals surface area contributed by atoms with Crippen LogP contribution in [0.1, 0.15) is 43.4 Å². The van der Waals surface area contributed by atoms with E-state index in [1.54, 1.807) is 24.0 Å². The number of carbonyl (C=O) groups excluding carboxylic acids is 2. The van der Waals surface area contributed by atoms with Crippen molar-refractivity contribution < 1.29 is 9.59 Å². The molecule has 0 unspecified atom stereocenters. The normalized spacial score (nSPS) is 11.7. The molecule has 0 saturated carbocycles. The molecule has 0 saturated heterocycles. The third kappa shape index (κ3) is 6.68. The van der Waals surface area contributed by atoms with Crippen LogP contribution in [0.4, 0.5) is 0 Å². The summed E-state index contributed by atoms with van der Waals surface area (Å²) < 4.78 is 0. The SMILES string of the molecule is CCCCNC(=O)[C@H](C)N(Cc1ccc(Cl)cc1)C(=O)Cc1ccc(C)cc1. The maximum Gasteiger partial charge on any atom is 0.242 e. The first kappa shape index (κ1) is 22.0. The second kappa shape index (κ2) is 10.9. The van der Waals surface area contributed by atoms with Gasteiger partial charge in [0, 0.05) is 18.1 Å². The van der Waals surface area contributed by atoms with Gasteiger partial charge >= 0.3 is 0 Å². The Morgan fingerprint density at radius 3 is 2.25 bits per heavy atom. The van der Waals surface area contributed by atoms with E-state index in [4.69, 9.17) is 11.6 Å². The molecule has 2 rings (SSSR count). The van der Waals surface area contributed by atoms with Crippen LogP contribution in [0.2, 0.25) is 5.02 Å². The predicted octanol–water partition coefficient (Wildman–Crippen LogP) is 4.52. The zero-order chi connectivity index (χ0) is 20.5. The summed E-state index contributed by atoms with van der Waals surface area (Å²) in [6.45, 7) is 6.86. The molecule has 0 fully saturated rings. The van der Waals surface area contributed by atoms with Crippen molar-refractivity contribution in [3.8, 4) is 0 Å². The molecule has 0 bridgehead atoms. The average Bonchev–Trinajstić information content (AvgIpc) is 2.68. The van der Waals surface area contributed by atoms with Crippen molar-refractivity contribution in [2.45, 2.75) is 52.6 Å². The summed E-state index contributed by atoms with van der Waals surface area (Å²) in [6.07, 6.45) is 2.20. The third-order valence-electron chi connectivity index (χ3n) is 4.74. The van der Waals surface area contributed by atoms with Gasteiger partial charge in [0.25, 0.3) is 0 Å². The number of halogens is 1. The number of hydrogen-bond donors (Lipinski definition) is 1. The molecular weight excluding hydrogens is 372 g/mol. The Kier molecular flexibility index (Phi) is 8.52. The van der Waals surface area contributed by atoms with Gasteiger partial charge in [-0.2, -0.15) is 0 Å². The maximum absolute atomic E-state index is 13.1. The van der Waals surface area contributed by atoms with Crippen LogP contribution in [0.25, 0.3) is 0 Å². The molecule has 1 atom stereocenters. The summed E-state index contributed by atoms with van der Waals surface area (Å²) in [5.41, 5.74) is 3.03. The minimum atomic E-state index is -0.550. The van der Waals surface area contributed by atoms with E-state index in [1.165, 1.54) is 0 Å². The highest BCUT2D eigenvalue weighted by Gasteiger charge is 2.26. The van der Waals surface area contributed by atoms with E-state index in [-0.39, 0.29) is 18.2 Å². The smallest absolute Gasteiger partial charge is 0.242 e. The number of amides is 2. The second-order valence-electron chi connectivity index (χ2n) is 7.13. The van der Waals surface area contributed by atoms with Gasteiger partial charge in [-0.25, -0.2) is 0 Å². The van der Waals surface area contributed by atoms with Crippen LogP contribution in [0, 0.1) is 6.92 Å². The van der Waals surface area contributed by atoms with Gasteiger partial charge in [-0.3, -0.25) is 9.59 Å². The molecule has 0 aromatic heterocycles. The standard InChI is InChI=1S/C23H29ClN2O2/c1-4-5-14-25-23(28)18(3)26(16-20-10-12-21(24)13-11-20)22(27)15-19-8-6-17(2)7-9-19/h6-13,18H,4-5,14-16H2,1-3H3,(H,25,28)/t18-/m0/s1. The molecule has 28 heavy (non-hydrogen) atoms. The van der Waals surface area contributed by atoms with E-state index in [1.807, 2.05) is 43.3 Å². The number of unbranched alkanes of at least 4 members (excludes halogenated alkanes) is 1. The van der Waals surface area contributed by atoms with Crippen LogP contribution in [-0.4, -0.2) is 29.3 Å². The predicted molar refractivity (Wildman–Crippen MR) is 114 cm³/mol. The number of nitrogens with one attached hydrogen (secondary N) is 1. The molecule has 0 spiro atoms. The Balaban J connectivity index is 2.15. The summed E-state index contributed by atoms with van der Waals surface area (Å²) in [7, 11) is 0. The highest BCUT2D eigenvalue weighted by molar-refractivity contribution is 6.30. The van der Waals surface area contributed by atoms with Crippen molar-refractivity contribution in [3.05, 3.63) is 70.2 Å². The number of rotatable bonds is 9. The fraction of sp³-hybridized carbons (Fsp3) is 0.391. The zero-order valence-corrected chi connectivity index (χ0v) is 17.6. The quantitative estimate of drug-likeness (QED) is 0.629. The van der Waals surface area contributed by atoms with Gasteiger partial charge in [-0.05, 0) is 43.5 Å². The van der Waals surface area contributed by atoms with Gasteiger partial charge < -0.3 is 10.2 Å². The van der Waals surface area contributed by atoms with Crippen molar-refractivity contribution >= 4 is 23.4 Å². The van der Waals surface area contributed by atoms with Crippen LogP contribution in [0.15, 0.2) is 48.5 Å². The third-order valence-corrected chi connectivity index (χ3v) is 4.99. The van der Waals surface area contributed by atoms with Gasteiger partial charge in [-0.15, -0.1) is 0 Å². The lowest BCUT2D eigenvalue weighted by Crippen LogP contribution is -2.48. The van der Waals surface area contributed by atoms with E-state index < -0.39 is 6.04 Å². The second-order valence-corrected chi connectivity index (χ2v) is 7.57. The molecular formula is C23H29ClN2O2. The van der Waals surface area contributed by atoms with Crippen LogP contribution in [-0.2, 0) is 22.6 Å². The lowest BCUT2D eigenvalue weighted by Gasteiger charge is -2.29. The molecule has 0 heterocycles. The number of aryl methyl sites for hydroxylation is 1. The summed E-state index contributed by atoms with van der Waals surface area (Å²) in [4.78, 5) is 27.3. The van der Waals surface area contributed by atoms with Gasteiger partial charge in [0.1, 0.15) is 6.04 Å². The molecule has 0 aliphatic carbocycles. The minimum Gasteiger partial charge on any atom is -0.354 e. The lowest BCUT2D eigenvalue weighted by molar-refractivity contribution is -0.140. The van der Waals surface area contributed by atoms with Crippen molar-refractivity contribution in [1.82, 2.24) is 10.2 Å². The molecule has 5 heteroatoms. The number of hydrogen-bond acceptors (Lipinski definition) is 2. The van der Waals surface area contributed by atoms with Gasteiger partial charge in [0.15, 0.2) is 0 Å². The summed E-state index contributed by atoms with van der Waals surface area (Å²) in [6, 6.07) is 14.7. The highest BCUT2D eigenvalue weighted by Crippen LogP contribution is 2.15. The maximum atomic E-state index is 13.1. The summed E-state index contributed by atoms with van der Waals surface area (Å²) in [5, 5.41) is 3.58. The minimum absolute atomic E-state index is 0.0723. The number of nitrogens with zero attached hydrogens (tertiary/aromatic N) is 1. The van der Waals surface area contributed by atoms with Crippen molar-refractivity contribution in [1.29, 1.82) is 0 Å². The summed E-state index contributed by atoms with van der Waals surface area (Å²) >= 11 is 5.97. The fourth-order valence-corrected chi connectivity index (χ4v) is 3.01. The molecule has 150 valence electrons. The molecule has 2 aromatic rings. The van der Waals surface area contributed by atoms with E-state index in [0.717, 1.165) is 29.5 Å². The van der Waals surface area contributed by atoms with Crippen LogP contribution >= 0.6 is 11.6 Å². The van der Waals surface area contributed by atoms with E-state index in [2.05, 4.69) is 12.2 Å². The average molecular weight is 401 g/mol. The molecule has 2 amide bonds. The first-order valence-corrected chi connectivity index (χ1v) is 10.2. The first-order valence-electron chi connectivity index (χ1n) is 9.78. The van der Waals surface area contributed by atoms with Crippen LogP contribution < -0.4 is 5.32 Å². The molecule has 2 aromatic carbocycles. The van der Waals surface area contributed by atoms with E-state index in [9.17, 15) is 9.59 Å². The molecule has 0 aliphatic heterocycles. The Labute approximate surface area is 172 Å². The Hall–Kier alpha value is -2.33. The van der Waals surface area contributed by atoms with Crippen LogP contribution in [0.3, 0.4) is 0 Å². The first-order chi connectivity index (χ1) is 13.4. The zero-order valence-electron chi connectivity index (χ0n) is 16.9. The van der Waals surface area contributed by atoms with Gasteiger partial charge in [0.2, 0.25) is 11.8 Å². The molecule has 1 N–H and O–H groups in total. The molecule has 4 nitrogen and oxygen atoms in total. The van der Waals surface area contributed by atoms with Crippen molar-refractivity contribution in [3.63, 3.8) is 0 Å². The van der Waals surface area contributed by atoms with E-state index in [0.29, 0.717) is 18.1 Å². The lowest BCUT2D eigenvalue weighted by atomic mass is 10.1. The Morgan fingerprint density at radius 1 is 1.04 bits per heavy atom. The number of carbonyl (C=O) groups is 2. The van der Waals surface area contributed by atoms with Crippen LogP contribution in [0.5, 0.6) is 0 Å². The van der Waals surface area contributed by atoms with E-state index >= 15 is 0 Å². The number of benzene rings is 2. The topological polar surface area (TPSA) is 49.4 Å². The van der Waals surface area contributed by atoms with Gasteiger partial charge in [0.05, 0.1) is 6.42 Å². The Morgan fingerprint density at radius 2 is 1.64 bits per heavy atom. The molecule has 0 aliphatic rings.